The Balaban J connectivity index is 1.73. The number of carboxylic acids is 1. The van der Waals surface area contributed by atoms with Gasteiger partial charge in [0.25, 0.3) is 0 Å². The number of nitrogens with one attached hydrogen (secondary N) is 1. The lowest BCUT2D eigenvalue weighted by atomic mass is 9.82. The van der Waals surface area contributed by atoms with Gasteiger partial charge in [0, 0.05) is 9.75 Å². The maximum atomic E-state index is 12.5. The standard InChI is InChI=1S/C16H19NO3S/c1-8-3-6-12(21-8)9(2)17-15(18)13-10-4-5-11(7-10)14(13)16(19)20/h3-6,9-11,13-14H,7H2,1-2H3,(H,17,18)(H,19,20). The van der Waals surface area contributed by atoms with Crippen molar-refractivity contribution < 1.29 is 14.7 Å². The molecule has 1 aromatic rings. The third kappa shape index (κ3) is 2.50. The average molecular weight is 305 g/mol. The third-order valence-electron chi connectivity index (χ3n) is 4.59. The first-order valence-electron chi connectivity index (χ1n) is 7.25. The summed E-state index contributed by atoms with van der Waals surface area (Å²) in [5.41, 5.74) is 0. The second-order valence-electron chi connectivity index (χ2n) is 6.02. The van der Waals surface area contributed by atoms with Crippen LogP contribution in [0.25, 0.3) is 0 Å². The summed E-state index contributed by atoms with van der Waals surface area (Å²) in [6, 6.07) is 3.97. The third-order valence-corrected chi connectivity index (χ3v) is 5.78. The first kappa shape index (κ1) is 14.3. The number of carbonyl (C=O) groups excluding carboxylic acids is 1. The van der Waals surface area contributed by atoms with Gasteiger partial charge in [-0.15, -0.1) is 11.3 Å². The Kier molecular flexibility index (Phi) is 3.61. The lowest BCUT2D eigenvalue weighted by molar-refractivity contribution is -0.148. The van der Waals surface area contributed by atoms with E-state index >= 15 is 0 Å². The van der Waals surface area contributed by atoms with Crippen molar-refractivity contribution in [3.05, 3.63) is 34.0 Å². The van der Waals surface area contributed by atoms with E-state index < -0.39 is 17.8 Å². The van der Waals surface area contributed by atoms with E-state index in [4.69, 9.17) is 0 Å². The fraction of sp³-hybridized carbons (Fsp3) is 0.500. The van der Waals surface area contributed by atoms with Gasteiger partial charge in [-0.25, -0.2) is 0 Å². The largest absolute Gasteiger partial charge is 0.481 e. The maximum Gasteiger partial charge on any atom is 0.307 e. The van der Waals surface area contributed by atoms with Crippen LogP contribution in [0.5, 0.6) is 0 Å². The van der Waals surface area contributed by atoms with Gasteiger partial charge in [0.2, 0.25) is 5.91 Å². The highest BCUT2D eigenvalue weighted by Gasteiger charge is 2.51. The zero-order valence-corrected chi connectivity index (χ0v) is 12.9. The normalized spacial score (nSPS) is 31.3. The number of carbonyl (C=O) groups is 2. The van der Waals surface area contributed by atoms with Gasteiger partial charge < -0.3 is 10.4 Å². The van der Waals surface area contributed by atoms with Crippen molar-refractivity contribution in [1.29, 1.82) is 0 Å². The summed E-state index contributed by atoms with van der Waals surface area (Å²) in [5.74, 6) is -1.89. The first-order valence-corrected chi connectivity index (χ1v) is 8.07. The number of amides is 1. The fourth-order valence-corrected chi connectivity index (χ4v) is 4.46. The monoisotopic (exact) mass is 305 g/mol. The quantitative estimate of drug-likeness (QED) is 0.841. The molecule has 5 unspecified atom stereocenters. The van der Waals surface area contributed by atoms with Gasteiger partial charge in [0.15, 0.2) is 0 Å². The Bertz CT molecular complexity index is 606. The van der Waals surface area contributed by atoms with E-state index in [0.717, 1.165) is 11.3 Å². The van der Waals surface area contributed by atoms with Crippen LogP contribution < -0.4 is 5.32 Å². The molecule has 0 aromatic carbocycles. The van der Waals surface area contributed by atoms with Crippen LogP contribution in [0, 0.1) is 30.6 Å². The first-order chi connectivity index (χ1) is 9.97. The van der Waals surface area contributed by atoms with Crippen LogP contribution in [-0.4, -0.2) is 17.0 Å². The van der Waals surface area contributed by atoms with Gasteiger partial charge in [-0.1, -0.05) is 12.2 Å². The molecule has 1 heterocycles. The second kappa shape index (κ2) is 5.30. The summed E-state index contributed by atoms with van der Waals surface area (Å²) in [7, 11) is 0. The molecule has 2 aliphatic rings. The number of allylic oxidation sites excluding steroid dienone is 2. The molecule has 2 aliphatic carbocycles. The van der Waals surface area contributed by atoms with E-state index in [9.17, 15) is 14.7 Å². The molecule has 0 aliphatic heterocycles. The number of rotatable bonds is 4. The molecule has 1 saturated carbocycles. The number of fused-ring (bicyclic) bond motifs is 2. The summed E-state index contributed by atoms with van der Waals surface area (Å²) >= 11 is 1.66. The van der Waals surface area contributed by atoms with Crippen molar-refractivity contribution in [3.63, 3.8) is 0 Å². The van der Waals surface area contributed by atoms with Crippen LogP contribution >= 0.6 is 11.3 Å². The number of aliphatic carboxylic acids is 1. The molecule has 5 heteroatoms. The molecule has 0 radical (unpaired) electrons. The highest BCUT2D eigenvalue weighted by atomic mass is 32.1. The van der Waals surface area contributed by atoms with E-state index in [0.29, 0.717) is 0 Å². The number of hydrogen-bond donors (Lipinski definition) is 2. The minimum atomic E-state index is -0.855. The smallest absolute Gasteiger partial charge is 0.307 e. The van der Waals surface area contributed by atoms with E-state index in [1.807, 2.05) is 38.1 Å². The van der Waals surface area contributed by atoms with Gasteiger partial charge >= 0.3 is 5.97 Å². The van der Waals surface area contributed by atoms with Crippen LogP contribution in [0.4, 0.5) is 0 Å². The van der Waals surface area contributed by atoms with Crippen LogP contribution in [0.1, 0.15) is 29.1 Å². The molecular weight excluding hydrogens is 286 g/mol. The van der Waals surface area contributed by atoms with Crippen LogP contribution in [0.3, 0.4) is 0 Å². The number of carboxylic acid groups (broad SMARTS) is 1. The number of thiophene rings is 1. The predicted octanol–water partition coefficient (Wildman–Crippen LogP) is 2.76. The minimum absolute atomic E-state index is 0.0162. The van der Waals surface area contributed by atoms with E-state index in [-0.39, 0.29) is 23.8 Å². The van der Waals surface area contributed by atoms with Crippen molar-refractivity contribution >= 4 is 23.2 Å². The molecule has 1 amide bonds. The lowest BCUT2D eigenvalue weighted by Gasteiger charge is -2.25. The van der Waals surface area contributed by atoms with E-state index in [1.54, 1.807) is 11.3 Å². The van der Waals surface area contributed by atoms with Gasteiger partial charge in [0.1, 0.15) is 0 Å². The maximum absolute atomic E-state index is 12.5. The van der Waals surface area contributed by atoms with Gasteiger partial charge in [0.05, 0.1) is 17.9 Å². The summed E-state index contributed by atoms with van der Waals surface area (Å²) in [4.78, 5) is 26.3. The molecule has 5 atom stereocenters. The molecule has 21 heavy (non-hydrogen) atoms. The Hall–Kier alpha value is -1.62. The molecule has 4 nitrogen and oxygen atoms in total. The topological polar surface area (TPSA) is 66.4 Å². The van der Waals surface area contributed by atoms with Crippen molar-refractivity contribution in [2.24, 2.45) is 23.7 Å². The zero-order valence-electron chi connectivity index (χ0n) is 12.1. The van der Waals surface area contributed by atoms with Crippen LogP contribution in [-0.2, 0) is 9.59 Å². The average Bonchev–Trinajstić information content (AvgIpc) is 3.12. The molecule has 0 saturated heterocycles. The fourth-order valence-electron chi connectivity index (χ4n) is 3.58. The molecule has 112 valence electrons. The summed E-state index contributed by atoms with van der Waals surface area (Å²) < 4.78 is 0. The van der Waals surface area contributed by atoms with Gasteiger partial charge in [-0.3, -0.25) is 9.59 Å². The van der Waals surface area contributed by atoms with Crippen LogP contribution in [0.15, 0.2) is 24.3 Å². The van der Waals surface area contributed by atoms with E-state index in [2.05, 4.69) is 5.32 Å². The number of aryl methyl sites for hydroxylation is 1. The Morgan fingerprint density at radius 2 is 1.95 bits per heavy atom. The molecule has 2 bridgehead atoms. The van der Waals surface area contributed by atoms with Gasteiger partial charge in [-0.2, -0.15) is 0 Å². The highest BCUT2D eigenvalue weighted by molar-refractivity contribution is 7.12. The lowest BCUT2D eigenvalue weighted by Crippen LogP contribution is -2.40. The SMILES string of the molecule is Cc1ccc(C(C)NC(=O)C2C3C=CC(C3)C2C(=O)O)s1. The van der Waals surface area contributed by atoms with Crippen molar-refractivity contribution in [2.75, 3.05) is 0 Å². The molecule has 2 N–H and O–H groups in total. The van der Waals surface area contributed by atoms with E-state index in [1.165, 1.54) is 4.88 Å². The molecule has 0 spiro atoms. The molecule has 3 rings (SSSR count). The van der Waals surface area contributed by atoms with Gasteiger partial charge in [-0.05, 0) is 44.2 Å². The molecular formula is C16H19NO3S. The Labute approximate surface area is 127 Å². The summed E-state index contributed by atoms with van der Waals surface area (Å²) in [5, 5.41) is 12.4. The zero-order chi connectivity index (χ0) is 15.1. The predicted molar refractivity (Wildman–Crippen MR) is 81.0 cm³/mol. The number of hydrogen-bond acceptors (Lipinski definition) is 3. The Morgan fingerprint density at radius 3 is 2.52 bits per heavy atom. The van der Waals surface area contributed by atoms with Crippen LogP contribution in [0.2, 0.25) is 0 Å². The minimum Gasteiger partial charge on any atom is -0.481 e. The highest BCUT2D eigenvalue weighted by Crippen LogP contribution is 2.48. The molecule has 1 fully saturated rings. The molecule has 1 aromatic heterocycles. The Morgan fingerprint density at radius 1 is 1.29 bits per heavy atom. The summed E-state index contributed by atoms with van der Waals surface area (Å²) in [6.07, 6.45) is 4.76. The van der Waals surface area contributed by atoms with Crippen molar-refractivity contribution in [1.82, 2.24) is 5.32 Å². The summed E-state index contributed by atoms with van der Waals surface area (Å²) in [6.45, 7) is 3.98. The van der Waals surface area contributed by atoms with Crippen molar-refractivity contribution in [3.8, 4) is 0 Å². The second-order valence-corrected chi connectivity index (χ2v) is 7.34. The van der Waals surface area contributed by atoms with Crippen molar-refractivity contribution in [2.45, 2.75) is 26.3 Å².